The molecule has 0 fully saturated rings. The van der Waals surface area contributed by atoms with Gasteiger partial charge in [0, 0.05) is 12.2 Å². The van der Waals surface area contributed by atoms with E-state index in [-0.39, 0.29) is 0 Å². The molecular weight excluding hydrogens is 266 g/mol. The minimum absolute atomic E-state index is 0.643. The molecule has 0 amide bonds. The van der Waals surface area contributed by atoms with Gasteiger partial charge in [0.15, 0.2) is 5.71 Å². The SMILES string of the molecule is CC.[NH2+]=C1C=CC2=CC=C(c3ccccc3)S(=O)C2=C1. The lowest BCUT2D eigenvalue weighted by molar-refractivity contribution is -0.110. The second kappa shape index (κ2) is 6.44. The van der Waals surface area contributed by atoms with E-state index in [1.165, 1.54) is 0 Å². The lowest BCUT2D eigenvalue weighted by Crippen LogP contribution is -2.38. The normalized spacial score (nSPS) is 20.0. The Hall–Kier alpha value is -2.00. The molecule has 2 nitrogen and oxygen atoms in total. The minimum atomic E-state index is -1.16. The molecule has 1 unspecified atom stereocenters. The zero-order valence-corrected chi connectivity index (χ0v) is 12.5. The lowest BCUT2D eigenvalue weighted by atomic mass is 10.1. The molecule has 1 aromatic carbocycles. The maximum Gasteiger partial charge on any atom is 0.197 e. The van der Waals surface area contributed by atoms with Crippen molar-refractivity contribution in [3.05, 3.63) is 76.8 Å². The summed E-state index contributed by atoms with van der Waals surface area (Å²) in [5, 5.41) is 5.76. The maximum absolute atomic E-state index is 12.5. The average molecular weight is 284 g/mol. The van der Waals surface area contributed by atoms with Crippen molar-refractivity contribution in [2.75, 3.05) is 0 Å². The molecule has 0 spiro atoms. The van der Waals surface area contributed by atoms with Crippen LogP contribution in [-0.2, 0) is 10.8 Å². The van der Waals surface area contributed by atoms with Crippen molar-refractivity contribution in [1.82, 2.24) is 0 Å². The van der Waals surface area contributed by atoms with Gasteiger partial charge in [0.2, 0.25) is 0 Å². The van der Waals surface area contributed by atoms with Gasteiger partial charge in [-0.2, -0.15) is 0 Å². The van der Waals surface area contributed by atoms with E-state index in [1.807, 2.05) is 68.5 Å². The zero-order valence-electron chi connectivity index (χ0n) is 11.7. The highest BCUT2D eigenvalue weighted by molar-refractivity contribution is 7.98. The summed E-state index contributed by atoms with van der Waals surface area (Å²) in [6.45, 7) is 4.00. The molecule has 1 aliphatic carbocycles. The first-order valence-electron chi connectivity index (χ1n) is 6.67. The smallest absolute Gasteiger partial charge is 0.197 e. The molecule has 20 heavy (non-hydrogen) atoms. The standard InChI is InChI=1S/C15H11NOS.C2H6/c16-13-8-6-12-7-9-14(18(17)15(12)10-13)11-4-2-1-3-5-11;1-2/h1-10,16H;1-2H3/p+1. The molecular formula is C17H18NOS+. The van der Waals surface area contributed by atoms with Crippen LogP contribution in [0.2, 0.25) is 0 Å². The number of nitrogens with two attached hydrogens (primary N) is 1. The summed E-state index contributed by atoms with van der Waals surface area (Å²) in [6, 6.07) is 9.78. The van der Waals surface area contributed by atoms with Crippen LogP contribution in [0.15, 0.2) is 71.2 Å². The van der Waals surface area contributed by atoms with Gasteiger partial charge in [0.1, 0.15) is 0 Å². The number of hydrogen-bond donors (Lipinski definition) is 1. The predicted molar refractivity (Wildman–Crippen MR) is 86.1 cm³/mol. The largest absolute Gasteiger partial charge is 0.254 e. The molecule has 1 aliphatic heterocycles. The summed E-state index contributed by atoms with van der Waals surface area (Å²) in [7, 11) is -1.16. The van der Waals surface area contributed by atoms with Crippen molar-refractivity contribution < 1.29 is 9.62 Å². The molecule has 2 N–H and O–H groups in total. The van der Waals surface area contributed by atoms with Crippen molar-refractivity contribution in [2.24, 2.45) is 0 Å². The van der Waals surface area contributed by atoms with Crippen molar-refractivity contribution in [2.45, 2.75) is 13.8 Å². The van der Waals surface area contributed by atoms with Crippen LogP contribution in [0.3, 0.4) is 0 Å². The first-order chi connectivity index (χ1) is 9.75. The van der Waals surface area contributed by atoms with E-state index >= 15 is 0 Å². The molecule has 102 valence electrons. The Labute approximate surface area is 122 Å². The third-order valence-corrected chi connectivity index (χ3v) is 4.43. The number of rotatable bonds is 1. The van der Waals surface area contributed by atoms with E-state index in [0.29, 0.717) is 5.71 Å². The van der Waals surface area contributed by atoms with Gasteiger partial charge in [-0.1, -0.05) is 50.3 Å². The molecule has 3 heteroatoms. The van der Waals surface area contributed by atoms with E-state index in [2.05, 4.69) is 0 Å². The van der Waals surface area contributed by atoms with Gasteiger partial charge in [-0.25, -0.2) is 4.21 Å². The van der Waals surface area contributed by atoms with E-state index in [4.69, 9.17) is 5.41 Å². The van der Waals surface area contributed by atoms with Crippen LogP contribution in [-0.4, -0.2) is 9.92 Å². The first-order valence-corrected chi connectivity index (χ1v) is 7.82. The summed E-state index contributed by atoms with van der Waals surface area (Å²) in [5.74, 6) is 0. The molecule has 1 atom stereocenters. The molecule has 3 rings (SSSR count). The average Bonchev–Trinajstić information content (AvgIpc) is 2.51. The number of hydrogen-bond acceptors (Lipinski definition) is 1. The summed E-state index contributed by atoms with van der Waals surface area (Å²) in [4.78, 5) is 1.62. The van der Waals surface area contributed by atoms with Gasteiger partial charge in [-0.3, -0.25) is 5.41 Å². The molecule has 2 aliphatic rings. The molecule has 0 bridgehead atoms. The highest BCUT2D eigenvalue weighted by atomic mass is 32.2. The Kier molecular flexibility index (Phi) is 4.64. The summed E-state index contributed by atoms with van der Waals surface area (Å²) in [6.07, 6.45) is 9.43. The van der Waals surface area contributed by atoms with Crippen LogP contribution in [0, 0.1) is 0 Å². The predicted octanol–water partition coefficient (Wildman–Crippen LogP) is 2.40. The van der Waals surface area contributed by atoms with Crippen LogP contribution in [0.4, 0.5) is 0 Å². The molecule has 0 aromatic heterocycles. The molecule has 0 saturated carbocycles. The van der Waals surface area contributed by atoms with Crippen LogP contribution in [0.5, 0.6) is 0 Å². The Bertz CT molecular complexity index is 663. The lowest BCUT2D eigenvalue weighted by Gasteiger charge is -2.17. The van der Waals surface area contributed by atoms with Gasteiger partial charge < -0.3 is 0 Å². The van der Waals surface area contributed by atoms with E-state index in [1.54, 1.807) is 6.08 Å². The fourth-order valence-electron chi connectivity index (χ4n) is 2.00. The van der Waals surface area contributed by atoms with E-state index < -0.39 is 10.8 Å². The van der Waals surface area contributed by atoms with Crippen LogP contribution < -0.4 is 5.41 Å². The summed E-state index contributed by atoms with van der Waals surface area (Å²) < 4.78 is 12.5. The second-order valence-electron chi connectivity index (χ2n) is 4.13. The highest BCUT2D eigenvalue weighted by Crippen LogP contribution is 2.33. The monoisotopic (exact) mass is 284 g/mol. The maximum atomic E-state index is 12.5. The number of fused-ring (bicyclic) bond motifs is 1. The first kappa shape index (κ1) is 14.4. The van der Waals surface area contributed by atoms with Crippen molar-refractivity contribution in [3.8, 4) is 0 Å². The fourth-order valence-corrected chi connectivity index (χ4v) is 3.37. The van der Waals surface area contributed by atoms with Crippen molar-refractivity contribution >= 4 is 21.4 Å². The third-order valence-electron chi connectivity index (χ3n) is 2.91. The Morgan fingerprint density at radius 2 is 1.65 bits per heavy atom. The minimum Gasteiger partial charge on any atom is -0.254 e. The topological polar surface area (TPSA) is 42.7 Å². The third kappa shape index (κ3) is 2.78. The molecule has 1 aromatic rings. The molecule has 0 radical (unpaired) electrons. The highest BCUT2D eigenvalue weighted by Gasteiger charge is 2.23. The van der Waals surface area contributed by atoms with Crippen molar-refractivity contribution in [3.63, 3.8) is 0 Å². The Morgan fingerprint density at radius 1 is 0.950 bits per heavy atom. The summed E-state index contributed by atoms with van der Waals surface area (Å²) >= 11 is 0. The molecule has 0 saturated heterocycles. The summed E-state index contributed by atoms with van der Waals surface area (Å²) in [5.41, 5.74) is 2.60. The van der Waals surface area contributed by atoms with Crippen LogP contribution in [0.1, 0.15) is 19.4 Å². The molecule has 1 heterocycles. The van der Waals surface area contributed by atoms with E-state index in [0.717, 1.165) is 20.9 Å². The van der Waals surface area contributed by atoms with Gasteiger partial charge in [-0.15, -0.1) is 0 Å². The fraction of sp³-hybridized carbons (Fsp3) is 0.118. The van der Waals surface area contributed by atoms with E-state index in [9.17, 15) is 4.21 Å². The quantitative estimate of drug-likeness (QED) is 0.845. The second-order valence-corrected chi connectivity index (χ2v) is 5.55. The van der Waals surface area contributed by atoms with Gasteiger partial charge in [-0.05, 0) is 23.3 Å². The Balaban J connectivity index is 0.000000704. The zero-order chi connectivity index (χ0) is 14.5. The van der Waals surface area contributed by atoms with Gasteiger partial charge >= 0.3 is 0 Å². The van der Waals surface area contributed by atoms with Crippen LogP contribution in [0.25, 0.3) is 4.91 Å². The Morgan fingerprint density at radius 3 is 2.35 bits per heavy atom. The van der Waals surface area contributed by atoms with Crippen LogP contribution >= 0.6 is 0 Å². The van der Waals surface area contributed by atoms with Crippen molar-refractivity contribution in [1.29, 1.82) is 0 Å². The number of allylic oxidation sites excluding steroid dienone is 6. The van der Waals surface area contributed by atoms with Gasteiger partial charge in [0.05, 0.1) is 20.6 Å². The van der Waals surface area contributed by atoms with Gasteiger partial charge in [0.25, 0.3) is 0 Å². The number of benzene rings is 1.